The fourth-order valence-electron chi connectivity index (χ4n) is 8.06. The minimum atomic E-state index is 0.648. The second kappa shape index (κ2) is 13.6. The van der Waals surface area contributed by atoms with Gasteiger partial charge in [0.1, 0.15) is 11.2 Å². The van der Waals surface area contributed by atoms with Gasteiger partial charge >= 0.3 is 0 Å². The van der Waals surface area contributed by atoms with Crippen LogP contribution in [0.15, 0.2) is 205 Å². The SMILES string of the molecule is c1ccc(-c2ccc(-c3cc(-c4ccc(-c5ccccc5)cc4)nc(-c4ccc5oc6ccc7c(-c8ccccc8)nc8ccccc8c7c6c5c4)n3)cc2)cc1. The molecule has 0 unspecified atom stereocenters. The molecule has 3 aromatic heterocycles. The highest BCUT2D eigenvalue weighted by Gasteiger charge is 2.19. The standard InChI is InChI=1S/C53H33N3O/c1-4-12-34(13-5-1)36-20-24-38(25-21-36)46-33-47(39-26-22-37(23-27-39)35-14-6-2-7-15-35)56-53(55-46)41-28-30-48-44(32-41)51-49(57-48)31-29-43-50(51)42-18-10-11-19-45(42)54-52(43)40-16-8-3-9-17-40/h1-33H. The Morgan fingerprint density at radius 1 is 0.298 bits per heavy atom. The van der Waals surface area contributed by atoms with Crippen molar-refractivity contribution >= 4 is 43.6 Å². The fourth-order valence-corrected chi connectivity index (χ4v) is 8.06. The van der Waals surface area contributed by atoms with Gasteiger partial charge in [0.15, 0.2) is 5.82 Å². The van der Waals surface area contributed by atoms with Crippen molar-refractivity contribution in [1.29, 1.82) is 0 Å². The minimum absolute atomic E-state index is 0.648. The lowest BCUT2D eigenvalue weighted by Gasteiger charge is -2.12. The van der Waals surface area contributed by atoms with Crippen LogP contribution in [0.25, 0.3) is 111 Å². The number of benzene rings is 8. The molecular weight excluding hydrogens is 695 g/mol. The third-order valence-corrected chi connectivity index (χ3v) is 10.9. The molecule has 0 amide bonds. The van der Waals surface area contributed by atoms with E-state index in [1.807, 2.05) is 24.3 Å². The van der Waals surface area contributed by atoms with Crippen LogP contribution in [-0.4, -0.2) is 15.0 Å². The quantitative estimate of drug-likeness (QED) is 0.160. The first kappa shape index (κ1) is 32.7. The van der Waals surface area contributed by atoms with E-state index in [1.54, 1.807) is 0 Å². The van der Waals surface area contributed by atoms with Gasteiger partial charge in [-0.1, -0.05) is 158 Å². The summed E-state index contributed by atoms with van der Waals surface area (Å²) in [4.78, 5) is 15.7. The highest BCUT2D eigenvalue weighted by Crippen LogP contribution is 2.42. The van der Waals surface area contributed by atoms with E-state index in [-0.39, 0.29) is 0 Å². The Balaban J connectivity index is 1.10. The summed E-state index contributed by atoms with van der Waals surface area (Å²) in [6.07, 6.45) is 0. The van der Waals surface area contributed by atoms with Gasteiger partial charge in [-0.2, -0.15) is 0 Å². The van der Waals surface area contributed by atoms with Crippen molar-refractivity contribution in [1.82, 2.24) is 15.0 Å². The average molecular weight is 728 g/mol. The zero-order valence-electron chi connectivity index (χ0n) is 30.8. The zero-order valence-corrected chi connectivity index (χ0v) is 30.8. The molecule has 0 bridgehead atoms. The predicted octanol–water partition coefficient (Wildman–Crippen LogP) is 14.1. The molecule has 0 saturated heterocycles. The normalized spacial score (nSPS) is 11.5. The van der Waals surface area contributed by atoms with Crippen molar-refractivity contribution in [2.75, 3.05) is 0 Å². The summed E-state index contributed by atoms with van der Waals surface area (Å²) in [5.41, 5.74) is 14.0. The molecule has 4 nitrogen and oxygen atoms in total. The Bertz CT molecular complexity index is 3150. The lowest BCUT2D eigenvalue weighted by molar-refractivity contribution is 0.669. The monoisotopic (exact) mass is 727 g/mol. The second-order valence-electron chi connectivity index (χ2n) is 14.4. The summed E-state index contributed by atoms with van der Waals surface area (Å²) in [5, 5.41) is 5.37. The van der Waals surface area contributed by atoms with Gasteiger partial charge in [-0.25, -0.2) is 15.0 Å². The number of aromatic nitrogens is 3. The molecule has 0 aliphatic carbocycles. The van der Waals surface area contributed by atoms with Crippen molar-refractivity contribution in [3.05, 3.63) is 200 Å². The van der Waals surface area contributed by atoms with E-state index in [4.69, 9.17) is 19.4 Å². The van der Waals surface area contributed by atoms with E-state index < -0.39 is 0 Å². The molecule has 57 heavy (non-hydrogen) atoms. The molecule has 0 saturated carbocycles. The van der Waals surface area contributed by atoms with E-state index in [2.05, 4.69) is 176 Å². The van der Waals surface area contributed by atoms with Gasteiger partial charge in [0.25, 0.3) is 0 Å². The molecule has 266 valence electrons. The molecule has 4 heteroatoms. The molecular formula is C53H33N3O. The van der Waals surface area contributed by atoms with Gasteiger partial charge in [-0.3, -0.25) is 0 Å². The Morgan fingerprint density at radius 3 is 1.40 bits per heavy atom. The Labute approximate surface area is 329 Å². The Kier molecular flexibility index (Phi) is 7.78. The molecule has 0 aliphatic heterocycles. The first-order valence-electron chi connectivity index (χ1n) is 19.2. The topological polar surface area (TPSA) is 51.8 Å². The summed E-state index contributed by atoms with van der Waals surface area (Å²) in [6.45, 7) is 0. The van der Waals surface area contributed by atoms with Gasteiger partial charge in [0.05, 0.1) is 22.6 Å². The molecule has 0 fully saturated rings. The molecule has 8 aromatic carbocycles. The smallest absolute Gasteiger partial charge is 0.160 e. The Hall–Kier alpha value is -7.69. The molecule has 0 atom stereocenters. The average Bonchev–Trinajstić information content (AvgIpc) is 3.68. The van der Waals surface area contributed by atoms with E-state index in [1.165, 1.54) is 11.1 Å². The van der Waals surface area contributed by atoms with E-state index in [0.717, 1.165) is 94.1 Å². The maximum Gasteiger partial charge on any atom is 0.160 e. The van der Waals surface area contributed by atoms with Crippen molar-refractivity contribution in [3.8, 4) is 67.4 Å². The minimum Gasteiger partial charge on any atom is -0.456 e. The van der Waals surface area contributed by atoms with Gasteiger partial charge in [-0.05, 0) is 64.7 Å². The van der Waals surface area contributed by atoms with Crippen LogP contribution in [0.4, 0.5) is 0 Å². The summed E-state index contributed by atoms with van der Waals surface area (Å²) in [7, 11) is 0. The predicted molar refractivity (Wildman–Crippen MR) is 235 cm³/mol. The van der Waals surface area contributed by atoms with Crippen LogP contribution in [0.2, 0.25) is 0 Å². The maximum absolute atomic E-state index is 6.57. The highest BCUT2D eigenvalue weighted by atomic mass is 16.3. The number of pyridine rings is 1. The van der Waals surface area contributed by atoms with Crippen molar-refractivity contribution in [3.63, 3.8) is 0 Å². The van der Waals surface area contributed by atoms with E-state index >= 15 is 0 Å². The molecule has 0 aliphatic rings. The summed E-state index contributed by atoms with van der Waals surface area (Å²) < 4.78 is 6.57. The third-order valence-electron chi connectivity index (χ3n) is 10.9. The molecule has 11 rings (SSSR count). The van der Waals surface area contributed by atoms with Crippen LogP contribution in [0.3, 0.4) is 0 Å². The molecule has 0 N–H and O–H groups in total. The van der Waals surface area contributed by atoms with Crippen LogP contribution >= 0.6 is 0 Å². The number of hydrogen-bond acceptors (Lipinski definition) is 4. The van der Waals surface area contributed by atoms with Gasteiger partial charge in [0, 0.05) is 49.2 Å². The van der Waals surface area contributed by atoms with E-state index in [0.29, 0.717) is 5.82 Å². The molecule has 0 spiro atoms. The third kappa shape index (κ3) is 5.83. The lowest BCUT2D eigenvalue weighted by atomic mass is 9.96. The maximum atomic E-state index is 6.57. The zero-order chi connectivity index (χ0) is 37.7. The van der Waals surface area contributed by atoms with Gasteiger partial charge in [0.2, 0.25) is 0 Å². The van der Waals surface area contributed by atoms with Crippen molar-refractivity contribution in [2.45, 2.75) is 0 Å². The first-order chi connectivity index (χ1) is 28.2. The Morgan fingerprint density at radius 2 is 0.789 bits per heavy atom. The van der Waals surface area contributed by atoms with Crippen molar-refractivity contribution < 1.29 is 4.42 Å². The lowest BCUT2D eigenvalue weighted by Crippen LogP contribution is -1.96. The molecule has 0 radical (unpaired) electrons. The van der Waals surface area contributed by atoms with E-state index in [9.17, 15) is 0 Å². The van der Waals surface area contributed by atoms with Crippen LogP contribution in [0, 0.1) is 0 Å². The first-order valence-corrected chi connectivity index (χ1v) is 19.2. The fraction of sp³-hybridized carbons (Fsp3) is 0. The van der Waals surface area contributed by atoms with Gasteiger partial charge in [-0.15, -0.1) is 0 Å². The summed E-state index contributed by atoms with van der Waals surface area (Å²) >= 11 is 0. The number of fused-ring (bicyclic) bond motifs is 7. The van der Waals surface area contributed by atoms with Crippen molar-refractivity contribution in [2.24, 2.45) is 0 Å². The number of nitrogens with zero attached hydrogens (tertiary/aromatic N) is 3. The van der Waals surface area contributed by atoms with Crippen LogP contribution < -0.4 is 0 Å². The number of para-hydroxylation sites is 1. The summed E-state index contributed by atoms with van der Waals surface area (Å²) in [5.74, 6) is 0.648. The highest BCUT2D eigenvalue weighted by molar-refractivity contribution is 6.28. The number of furan rings is 1. The molecule has 11 aromatic rings. The van der Waals surface area contributed by atoms with Crippen LogP contribution in [0.5, 0.6) is 0 Å². The molecule has 3 heterocycles. The number of hydrogen-bond donors (Lipinski definition) is 0. The van der Waals surface area contributed by atoms with Gasteiger partial charge < -0.3 is 4.42 Å². The second-order valence-corrected chi connectivity index (χ2v) is 14.4. The van der Waals surface area contributed by atoms with Crippen LogP contribution in [0.1, 0.15) is 0 Å². The van der Waals surface area contributed by atoms with Crippen LogP contribution in [-0.2, 0) is 0 Å². The summed E-state index contributed by atoms with van der Waals surface area (Å²) in [6, 6.07) is 69.6. The largest absolute Gasteiger partial charge is 0.456 e. The number of rotatable bonds is 6.